The van der Waals surface area contributed by atoms with Crippen LogP contribution >= 0.6 is 15.9 Å². The Balaban J connectivity index is 2.14. The van der Waals surface area contributed by atoms with E-state index in [-0.39, 0.29) is 5.54 Å². The quantitative estimate of drug-likeness (QED) is 0.858. The Bertz CT molecular complexity index is 410. The van der Waals surface area contributed by atoms with Crippen molar-refractivity contribution in [1.29, 1.82) is 0 Å². The van der Waals surface area contributed by atoms with Crippen LogP contribution in [0, 0.1) is 0 Å². The molecular weight excluding hydrogens is 294 g/mol. The van der Waals surface area contributed by atoms with Crippen LogP contribution in [0.2, 0.25) is 0 Å². The van der Waals surface area contributed by atoms with Gasteiger partial charge in [0, 0.05) is 25.2 Å². The number of halogens is 1. The number of likely N-dealkylation sites (N-methyl/N-ethyl adjacent to an activating group) is 2. The molecule has 0 unspecified atom stereocenters. The van der Waals surface area contributed by atoms with E-state index < -0.39 is 0 Å². The van der Waals surface area contributed by atoms with Crippen LogP contribution in [-0.4, -0.2) is 48.1 Å². The summed E-state index contributed by atoms with van der Waals surface area (Å²) in [4.78, 5) is 13.0. The molecule has 2 N–H and O–H groups in total. The lowest BCUT2D eigenvalue weighted by Gasteiger charge is -2.49. The minimum atomic E-state index is 0.259. The van der Waals surface area contributed by atoms with E-state index in [1.165, 1.54) is 19.3 Å². The SMILES string of the molecule is CN(CC1(N(C)C)CCC1)c1nc(N)cc(Br)n1. The number of hydrogen-bond donors (Lipinski definition) is 1. The summed E-state index contributed by atoms with van der Waals surface area (Å²) < 4.78 is 0.726. The van der Waals surface area contributed by atoms with E-state index in [1.54, 1.807) is 6.07 Å². The van der Waals surface area contributed by atoms with Crippen molar-refractivity contribution in [3.8, 4) is 0 Å². The first kappa shape index (κ1) is 13.5. The van der Waals surface area contributed by atoms with Gasteiger partial charge in [0.15, 0.2) is 0 Å². The predicted octanol–water partition coefficient (Wildman–Crippen LogP) is 1.74. The summed E-state index contributed by atoms with van der Waals surface area (Å²) in [7, 11) is 6.30. The summed E-state index contributed by atoms with van der Waals surface area (Å²) in [5, 5.41) is 0. The summed E-state index contributed by atoms with van der Waals surface area (Å²) in [6, 6.07) is 1.71. The van der Waals surface area contributed by atoms with Crippen molar-refractivity contribution >= 4 is 27.7 Å². The number of aromatic nitrogens is 2. The average Bonchev–Trinajstić information content (AvgIpc) is 2.21. The monoisotopic (exact) mass is 313 g/mol. The van der Waals surface area contributed by atoms with Crippen molar-refractivity contribution < 1.29 is 0 Å². The second-order valence-corrected chi connectivity index (χ2v) is 6.06. The molecule has 6 heteroatoms. The van der Waals surface area contributed by atoms with Crippen LogP contribution in [0.3, 0.4) is 0 Å². The van der Waals surface area contributed by atoms with Gasteiger partial charge >= 0.3 is 0 Å². The number of rotatable bonds is 4. The van der Waals surface area contributed by atoms with Crippen molar-refractivity contribution in [2.45, 2.75) is 24.8 Å². The minimum Gasteiger partial charge on any atom is -0.383 e. The molecule has 2 rings (SSSR count). The average molecular weight is 314 g/mol. The molecule has 100 valence electrons. The summed E-state index contributed by atoms with van der Waals surface area (Å²) in [5.41, 5.74) is 6.01. The van der Waals surface area contributed by atoms with Gasteiger partial charge in [-0.15, -0.1) is 0 Å². The van der Waals surface area contributed by atoms with Crippen LogP contribution in [0.4, 0.5) is 11.8 Å². The van der Waals surface area contributed by atoms with Gasteiger partial charge in [-0.2, -0.15) is 4.98 Å². The lowest BCUT2D eigenvalue weighted by Crippen LogP contribution is -2.57. The molecule has 0 saturated heterocycles. The van der Waals surface area contributed by atoms with E-state index in [4.69, 9.17) is 5.73 Å². The van der Waals surface area contributed by atoms with Gasteiger partial charge in [-0.05, 0) is 49.3 Å². The van der Waals surface area contributed by atoms with Crippen molar-refractivity contribution in [3.63, 3.8) is 0 Å². The van der Waals surface area contributed by atoms with Gasteiger partial charge in [0.05, 0.1) is 0 Å². The third kappa shape index (κ3) is 2.59. The van der Waals surface area contributed by atoms with Gasteiger partial charge in [0.1, 0.15) is 10.4 Å². The Hall–Kier alpha value is -0.880. The lowest BCUT2D eigenvalue weighted by atomic mass is 9.75. The Morgan fingerprint density at radius 2 is 2.00 bits per heavy atom. The second kappa shape index (κ2) is 5.01. The Labute approximate surface area is 117 Å². The highest BCUT2D eigenvalue weighted by molar-refractivity contribution is 9.10. The summed E-state index contributed by atoms with van der Waals surface area (Å²) in [6.45, 7) is 0.926. The summed E-state index contributed by atoms with van der Waals surface area (Å²) in [5.74, 6) is 1.17. The van der Waals surface area contributed by atoms with Crippen molar-refractivity contribution in [1.82, 2.24) is 14.9 Å². The molecule has 0 atom stereocenters. The lowest BCUT2D eigenvalue weighted by molar-refractivity contribution is 0.0680. The van der Waals surface area contributed by atoms with E-state index in [2.05, 4.69) is 49.8 Å². The van der Waals surface area contributed by atoms with E-state index in [0.29, 0.717) is 11.8 Å². The first-order valence-corrected chi connectivity index (χ1v) is 6.91. The highest BCUT2D eigenvalue weighted by Gasteiger charge is 2.40. The third-order valence-corrected chi connectivity index (χ3v) is 4.21. The zero-order chi connectivity index (χ0) is 13.3. The van der Waals surface area contributed by atoms with Crippen LogP contribution in [0.15, 0.2) is 10.7 Å². The van der Waals surface area contributed by atoms with Gasteiger partial charge in [-0.25, -0.2) is 4.98 Å². The first-order chi connectivity index (χ1) is 8.43. The zero-order valence-electron chi connectivity index (χ0n) is 11.1. The van der Waals surface area contributed by atoms with Crippen molar-refractivity contribution in [2.24, 2.45) is 0 Å². The van der Waals surface area contributed by atoms with Crippen LogP contribution in [-0.2, 0) is 0 Å². The summed E-state index contributed by atoms with van der Waals surface area (Å²) >= 11 is 3.35. The van der Waals surface area contributed by atoms with E-state index >= 15 is 0 Å². The van der Waals surface area contributed by atoms with Gasteiger partial charge in [0.25, 0.3) is 0 Å². The molecule has 1 aliphatic carbocycles. The van der Waals surface area contributed by atoms with Gasteiger partial charge in [-0.1, -0.05) is 0 Å². The normalized spacial score (nSPS) is 17.6. The van der Waals surface area contributed by atoms with Gasteiger partial charge < -0.3 is 15.5 Å². The van der Waals surface area contributed by atoms with E-state index in [9.17, 15) is 0 Å². The maximum absolute atomic E-state index is 5.75. The Morgan fingerprint density at radius 3 is 2.44 bits per heavy atom. The first-order valence-electron chi connectivity index (χ1n) is 6.12. The van der Waals surface area contributed by atoms with Crippen LogP contribution in [0.25, 0.3) is 0 Å². The topological polar surface area (TPSA) is 58.3 Å². The van der Waals surface area contributed by atoms with Crippen molar-refractivity contribution in [2.75, 3.05) is 38.3 Å². The van der Waals surface area contributed by atoms with E-state index in [0.717, 1.165) is 11.1 Å². The fraction of sp³-hybridized carbons (Fsp3) is 0.667. The van der Waals surface area contributed by atoms with Gasteiger partial charge in [0.2, 0.25) is 5.95 Å². The maximum Gasteiger partial charge on any atom is 0.228 e. The van der Waals surface area contributed by atoms with Crippen LogP contribution in [0.1, 0.15) is 19.3 Å². The Kier molecular flexibility index (Phi) is 3.77. The molecule has 1 heterocycles. The highest BCUT2D eigenvalue weighted by atomic mass is 79.9. The van der Waals surface area contributed by atoms with E-state index in [1.807, 2.05) is 7.05 Å². The Morgan fingerprint density at radius 1 is 1.33 bits per heavy atom. The maximum atomic E-state index is 5.75. The molecule has 5 nitrogen and oxygen atoms in total. The molecule has 0 bridgehead atoms. The second-order valence-electron chi connectivity index (χ2n) is 5.24. The fourth-order valence-corrected chi connectivity index (χ4v) is 2.83. The van der Waals surface area contributed by atoms with Crippen LogP contribution < -0.4 is 10.6 Å². The van der Waals surface area contributed by atoms with Crippen molar-refractivity contribution in [3.05, 3.63) is 10.7 Å². The molecule has 1 aromatic heterocycles. The molecule has 0 aromatic carbocycles. The zero-order valence-corrected chi connectivity index (χ0v) is 12.7. The van der Waals surface area contributed by atoms with Gasteiger partial charge in [-0.3, -0.25) is 0 Å². The largest absolute Gasteiger partial charge is 0.383 e. The smallest absolute Gasteiger partial charge is 0.228 e. The third-order valence-electron chi connectivity index (χ3n) is 3.81. The predicted molar refractivity (Wildman–Crippen MR) is 77.7 cm³/mol. The fourth-order valence-electron chi connectivity index (χ4n) is 2.44. The highest BCUT2D eigenvalue weighted by Crippen LogP contribution is 2.37. The molecule has 0 radical (unpaired) electrons. The molecule has 1 aliphatic rings. The number of nitrogens with zero attached hydrogens (tertiary/aromatic N) is 4. The molecule has 18 heavy (non-hydrogen) atoms. The number of nitrogen functional groups attached to an aromatic ring is 1. The molecular formula is C12H20BrN5. The molecule has 1 saturated carbocycles. The van der Waals surface area contributed by atoms with Crippen LogP contribution in [0.5, 0.6) is 0 Å². The molecule has 1 fully saturated rings. The number of hydrogen-bond acceptors (Lipinski definition) is 5. The minimum absolute atomic E-state index is 0.259. The molecule has 1 aromatic rings. The molecule has 0 aliphatic heterocycles. The molecule has 0 spiro atoms. The standard InChI is InChI=1S/C12H20BrN5/c1-17(2)12(5-4-6-12)8-18(3)11-15-9(13)7-10(14)16-11/h7H,4-6,8H2,1-3H3,(H2,14,15,16). The summed E-state index contributed by atoms with van der Waals surface area (Å²) in [6.07, 6.45) is 3.76. The molecule has 0 amide bonds. The number of anilines is 2. The number of nitrogens with two attached hydrogens (primary N) is 1.